The second kappa shape index (κ2) is 16.9. The van der Waals surface area contributed by atoms with E-state index in [9.17, 15) is 0 Å². The fourth-order valence-corrected chi connectivity index (χ4v) is 7.56. The summed E-state index contributed by atoms with van der Waals surface area (Å²) < 4.78 is 0. The standard InChI is InChI=1S/C56H36N6/c1-2-38-33-47(43-27-17-29-45(35-43)55-59-51(39-19-7-3-8-20-39)57-52(60-55)40-21-9-4-10-22-40)37-48(34-38)50-32-16-15-31-49(50)44-28-18-30-46(36-44)56-61-53(41-23-11-5-12-24-41)58-54(62-56)42-25-13-6-14-26-42/h1,3-37H. The second-order valence-electron chi connectivity index (χ2n) is 14.7. The Kier molecular flexibility index (Phi) is 10.3. The normalized spacial score (nSPS) is 10.9. The van der Waals surface area contributed by atoms with Crippen LogP contribution in [-0.2, 0) is 0 Å². The molecule has 290 valence electrons. The SMILES string of the molecule is C#Cc1cc(-c2cccc(-c3nc(-c4ccccc4)nc(-c4ccccc4)n3)c2)cc(-c2ccccc2-c2cccc(-c3nc(-c4ccccc4)nc(-c4ccccc4)n3)c2)c1. The molecule has 0 radical (unpaired) electrons. The van der Waals surface area contributed by atoms with Crippen LogP contribution in [0.15, 0.2) is 212 Å². The average Bonchev–Trinajstić information content (AvgIpc) is 3.37. The van der Waals surface area contributed by atoms with E-state index in [1.807, 2.05) is 140 Å². The highest BCUT2D eigenvalue weighted by molar-refractivity contribution is 5.88. The molecule has 0 saturated carbocycles. The maximum Gasteiger partial charge on any atom is 0.164 e. The zero-order valence-electron chi connectivity index (χ0n) is 33.5. The van der Waals surface area contributed by atoms with Gasteiger partial charge in [0, 0.05) is 38.9 Å². The lowest BCUT2D eigenvalue weighted by Gasteiger charge is -2.14. The summed E-state index contributed by atoms with van der Waals surface area (Å²) in [6.45, 7) is 0. The lowest BCUT2D eigenvalue weighted by atomic mass is 9.90. The average molecular weight is 793 g/mol. The highest BCUT2D eigenvalue weighted by Crippen LogP contribution is 2.37. The monoisotopic (exact) mass is 792 g/mol. The largest absolute Gasteiger partial charge is 0.208 e. The maximum absolute atomic E-state index is 6.15. The Labute approximate surface area is 360 Å². The van der Waals surface area contributed by atoms with Crippen molar-refractivity contribution in [3.05, 3.63) is 218 Å². The first-order chi connectivity index (χ1) is 30.6. The second-order valence-corrected chi connectivity index (χ2v) is 14.7. The van der Waals surface area contributed by atoms with Crippen molar-refractivity contribution in [2.45, 2.75) is 0 Å². The van der Waals surface area contributed by atoms with E-state index in [0.29, 0.717) is 34.9 Å². The van der Waals surface area contributed by atoms with Gasteiger partial charge in [0.25, 0.3) is 0 Å². The molecule has 8 aromatic carbocycles. The summed E-state index contributed by atoms with van der Waals surface area (Å²) in [7, 11) is 0. The molecule has 10 rings (SSSR count). The summed E-state index contributed by atoms with van der Waals surface area (Å²) in [5.74, 6) is 6.56. The van der Waals surface area contributed by atoms with Gasteiger partial charge in [-0.2, -0.15) is 0 Å². The number of hydrogen-bond donors (Lipinski definition) is 0. The summed E-state index contributed by atoms with van der Waals surface area (Å²) in [6, 6.07) is 71.4. The van der Waals surface area contributed by atoms with Gasteiger partial charge in [-0.1, -0.05) is 188 Å². The lowest BCUT2D eigenvalue weighted by Crippen LogP contribution is -2.00. The third kappa shape index (κ3) is 7.90. The van der Waals surface area contributed by atoms with Crippen molar-refractivity contribution in [2.75, 3.05) is 0 Å². The fraction of sp³-hybridized carbons (Fsp3) is 0. The van der Waals surface area contributed by atoms with Crippen molar-refractivity contribution < 1.29 is 0 Å². The molecule has 0 spiro atoms. The molecule has 6 nitrogen and oxygen atoms in total. The highest BCUT2D eigenvalue weighted by atomic mass is 15.0. The molecule has 0 saturated heterocycles. The molecule has 2 aromatic heterocycles. The Bertz CT molecular complexity index is 3120. The summed E-state index contributed by atoms with van der Waals surface area (Å²) in [4.78, 5) is 29.7. The van der Waals surface area contributed by atoms with Gasteiger partial charge >= 0.3 is 0 Å². The van der Waals surface area contributed by atoms with Crippen LogP contribution in [0.4, 0.5) is 0 Å². The quantitative estimate of drug-likeness (QED) is 0.135. The summed E-state index contributed by atoms with van der Waals surface area (Å²) in [5, 5.41) is 0. The number of rotatable bonds is 9. The molecule has 0 fully saturated rings. The van der Waals surface area contributed by atoms with Gasteiger partial charge in [0.05, 0.1) is 0 Å². The number of aromatic nitrogens is 6. The first-order valence-electron chi connectivity index (χ1n) is 20.3. The van der Waals surface area contributed by atoms with Gasteiger partial charge in [-0.25, -0.2) is 29.9 Å². The summed E-state index contributed by atoms with van der Waals surface area (Å²) in [5.41, 5.74) is 12.3. The minimum atomic E-state index is 0.586. The molecule has 0 atom stereocenters. The number of benzene rings is 8. The fourth-order valence-electron chi connectivity index (χ4n) is 7.56. The molecule has 0 bridgehead atoms. The van der Waals surface area contributed by atoms with Crippen LogP contribution in [0.5, 0.6) is 0 Å². The van der Waals surface area contributed by atoms with E-state index in [1.165, 1.54) is 0 Å². The number of nitrogens with zero attached hydrogens (tertiary/aromatic N) is 6. The number of terminal acetylenes is 1. The molecule has 0 aliphatic heterocycles. The maximum atomic E-state index is 6.15. The Morgan fingerprint density at radius 3 is 0.952 bits per heavy atom. The van der Waals surface area contributed by atoms with E-state index >= 15 is 0 Å². The molecule has 6 heteroatoms. The van der Waals surface area contributed by atoms with Gasteiger partial charge in [-0.3, -0.25) is 0 Å². The highest BCUT2D eigenvalue weighted by Gasteiger charge is 2.17. The van der Waals surface area contributed by atoms with Gasteiger partial charge < -0.3 is 0 Å². The van der Waals surface area contributed by atoms with Gasteiger partial charge in [0.15, 0.2) is 34.9 Å². The van der Waals surface area contributed by atoms with E-state index in [4.69, 9.17) is 36.3 Å². The zero-order chi connectivity index (χ0) is 41.7. The Hall–Kier alpha value is -8.66. The molecule has 10 aromatic rings. The van der Waals surface area contributed by atoms with Crippen LogP contribution in [0.2, 0.25) is 0 Å². The van der Waals surface area contributed by atoms with E-state index in [-0.39, 0.29) is 0 Å². The molecule has 0 aliphatic carbocycles. The molecule has 0 amide bonds. The first-order valence-corrected chi connectivity index (χ1v) is 20.3. The predicted molar refractivity (Wildman–Crippen MR) is 250 cm³/mol. The minimum Gasteiger partial charge on any atom is -0.208 e. The summed E-state index contributed by atoms with van der Waals surface area (Å²) >= 11 is 0. The van der Waals surface area contributed by atoms with Crippen molar-refractivity contribution >= 4 is 0 Å². The van der Waals surface area contributed by atoms with Crippen LogP contribution < -0.4 is 0 Å². The van der Waals surface area contributed by atoms with Gasteiger partial charge in [-0.05, 0) is 63.7 Å². The van der Waals surface area contributed by atoms with Crippen molar-refractivity contribution in [1.82, 2.24) is 29.9 Å². The predicted octanol–water partition coefficient (Wildman–Crippen LogP) is 13.0. The van der Waals surface area contributed by atoms with Crippen LogP contribution >= 0.6 is 0 Å². The molecule has 0 N–H and O–H groups in total. The van der Waals surface area contributed by atoms with Crippen molar-refractivity contribution in [3.63, 3.8) is 0 Å². The van der Waals surface area contributed by atoms with Crippen molar-refractivity contribution in [2.24, 2.45) is 0 Å². The Balaban J connectivity index is 1.04. The van der Waals surface area contributed by atoms with Crippen LogP contribution in [0.3, 0.4) is 0 Å². The molecule has 0 aliphatic rings. The minimum absolute atomic E-state index is 0.586. The summed E-state index contributed by atoms with van der Waals surface area (Å²) in [6.07, 6.45) is 6.15. The van der Waals surface area contributed by atoms with Crippen molar-refractivity contribution in [1.29, 1.82) is 0 Å². The van der Waals surface area contributed by atoms with E-state index < -0.39 is 0 Å². The van der Waals surface area contributed by atoms with Crippen LogP contribution in [0.1, 0.15) is 5.56 Å². The van der Waals surface area contributed by atoms with Crippen LogP contribution in [0, 0.1) is 12.3 Å². The van der Waals surface area contributed by atoms with E-state index in [0.717, 1.165) is 72.3 Å². The molecule has 62 heavy (non-hydrogen) atoms. The lowest BCUT2D eigenvalue weighted by molar-refractivity contribution is 1.07. The molecular weight excluding hydrogens is 757 g/mol. The van der Waals surface area contributed by atoms with E-state index in [2.05, 4.69) is 78.7 Å². The zero-order valence-corrected chi connectivity index (χ0v) is 33.5. The first kappa shape index (κ1) is 37.6. The Morgan fingerprint density at radius 1 is 0.242 bits per heavy atom. The topological polar surface area (TPSA) is 77.3 Å². The third-order valence-electron chi connectivity index (χ3n) is 10.6. The third-order valence-corrected chi connectivity index (χ3v) is 10.6. The molecular formula is C56H36N6. The van der Waals surface area contributed by atoms with Crippen LogP contribution in [0.25, 0.3) is 102 Å². The molecule has 0 unspecified atom stereocenters. The molecule has 2 heterocycles. The van der Waals surface area contributed by atoms with E-state index in [1.54, 1.807) is 0 Å². The van der Waals surface area contributed by atoms with Crippen LogP contribution in [-0.4, -0.2) is 29.9 Å². The van der Waals surface area contributed by atoms with Gasteiger partial charge in [-0.15, -0.1) is 6.42 Å². The van der Waals surface area contributed by atoms with Crippen molar-refractivity contribution in [3.8, 4) is 114 Å². The van der Waals surface area contributed by atoms with Gasteiger partial charge in [0.1, 0.15) is 0 Å². The Morgan fingerprint density at radius 2 is 0.532 bits per heavy atom. The van der Waals surface area contributed by atoms with Gasteiger partial charge in [0.2, 0.25) is 0 Å². The number of hydrogen-bond acceptors (Lipinski definition) is 6. The smallest absolute Gasteiger partial charge is 0.164 e.